The highest BCUT2D eigenvalue weighted by molar-refractivity contribution is 5.97. The summed E-state index contributed by atoms with van der Waals surface area (Å²) in [5.41, 5.74) is 2.65. The minimum atomic E-state index is -0.280. The number of rotatable bonds is 5. The molecule has 0 heterocycles. The number of carbonyl (C=O) groups is 2. The smallest absolute Gasteiger partial charge is 0.255 e. The molecule has 0 unspecified atom stereocenters. The van der Waals surface area contributed by atoms with Gasteiger partial charge in [-0.1, -0.05) is 19.3 Å². The molecule has 0 saturated heterocycles. The van der Waals surface area contributed by atoms with E-state index in [4.69, 9.17) is 0 Å². The molecular weight excluding hydrogens is 316 g/mol. The van der Waals surface area contributed by atoms with Gasteiger partial charge in [0, 0.05) is 19.0 Å². The Hall–Kier alpha value is -2.04. The van der Waals surface area contributed by atoms with Gasteiger partial charge in [0.05, 0.1) is 5.56 Å². The summed E-state index contributed by atoms with van der Waals surface area (Å²) in [6, 6.07) is 3.55. The summed E-state index contributed by atoms with van der Waals surface area (Å²) in [5.74, 6) is 0.00176. The molecule has 1 fully saturated rings. The lowest BCUT2D eigenvalue weighted by atomic mass is 9.89. The number of carbonyl (C=O) groups excluding carboxylic acids is 2. The van der Waals surface area contributed by atoms with Crippen molar-refractivity contribution >= 4 is 11.8 Å². The van der Waals surface area contributed by atoms with Crippen LogP contribution in [0.25, 0.3) is 0 Å². The minimum absolute atomic E-state index is 0.0457. The van der Waals surface area contributed by atoms with E-state index in [9.17, 15) is 14.7 Å². The van der Waals surface area contributed by atoms with Crippen molar-refractivity contribution in [3.8, 4) is 5.75 Å². The molecule has 0 spiro atoms. The second-order valence-corrected chi connectivity index (χ2v) is 7.23. The molecule has 0 aliphatic heterocycles. The molecule has 3 rings (SSSR count). The van der Waals surface area contributed by atoms with Crippen molar-refractivity contribution in [2.24, 2.45) is 5.92 Å². The number of phenols is 1. The second kappa shape index (κ2) is 8.37. The molecule has 5 nitrogen and oxygen atoms in total. The van der Waals surface area contributed by atoms with Gasteiger partial charge in [-0.25, -0.2) is 0 Å². The maximum Gasteiger partial charge on any atom is 0.255 e. The SMILES string of the molecule is O=C(NCCNC(=O)C1CCCCC1)c1cc2c(cc1O)CCCC2. The summed E-state index contributed by atoms with van der Waals surface area (Å²) in [6.07, 6.45) is 9.64. The Labute approximate surface area is 149 Å². The highest BCUT2D eigenvalue weighted by Crippen LogP contribution is 2.28. The van der Waals surface area contributed by atoms with Crippen molar-refractivity contribution in [2.75, 3.05) is 13.1 Å². The van der Waals surface area contributed by atoms with Gasteiger partial charge in [-0.15, -0.1) is 0 Å². The molecule has 136 valence electrons. The quantitative estimate of drug-likeness (QED) is 0.719. The van der Waals surface area contributed by atoms with Gasteiger partial charge in [-0.3, -0.25) is 9.59 Å². The van der Waals surface area contributed by atoms with Crippen LogP contribution in [0.2, 0.25) is 0 Å². The maximum atomic E-state index is 12.3. The molecule has 3 N–H and O–H groups in total. The first kappa shape index (κ1) is 17.8. The van der Waals surface area contributed by atoms with Crippen molar-refractivity contribution in [3.05, 3.63) is 28.8 Å². The van der Waals surface area contributed by atoms with Gasteiger partial charge in [-0.2, -0.15) is 0 Å². The molecule has 2 amide bonds. The number of amides is 2. The normalized spacial score (nSPS) is 17.6. The standard InChI is InChI=1S/C20H28N2O3/c23-18-13-16-9-5-4-8-15(16)12-17(18)20(25)22-11-10-21-19(24)14-6-2-1-3-7-14/h12-14,23H,1-11H2,(H,21,24)(H,22,25). The van der Waals surface area contributed by atoms with Crippen LogP contribution in [0.1, 0.15) is 66.4 Å². The molecular formula is C20H28N2O3. The van der Waals surface area contributed by atoms with E-state index in [1.54, 1.807) is 6.07 Å². The number of aromatic hydroxyl groups is 1. The Morgan fingerprint density at radius 1 is 0.920 bits per heavy atom. The summed E-state index contributed by atoms with van der Waals surface area (Å²) in [6.45, 7) is 0.792. The fourth-order valence-electron chi connectivity index (χ4n) is 3.92. The van der Waals surface area contributed by atoms with Gasteiger partial charge >= 0.3 is 0 Å². The molecule has 25 heavy (non-hydrogen) atoms. The summed E-state index contributed by atoms with van der Waals surface area (Å²) >= 11 is 0. The number of fused-ring (bicyclic) bond motifs is 1. The lowest BCUT2D eigenvalue weighted by Gasteiger charge is -2.20. The highest BCUT2D eigenvalue weighted by Gasteiger charge is 2.21. The first-order valence-corrected chi connectivity index (χ1v) is 9.56. The summed E-state index contributed by atoms with van der Waals surface area (Å²) in [7, 11) is 0. The fraction of sp³-hybridized carbons (Fsp3) is 0.600. The molecule has 1 saturated carbocycles. The van der Waals surface area contributed by atoms with Crippen LogP contribution in [-0.2, 0) is 17.6 Å². The average molecular weight is 344 g/mol. The van der Waals surface area contributed by atoms with Crippen LogP contribution in [0.3, 0.4) is 0 Å². The molecule has 1 aromatic rings. The number of hydrogen-bond donors (Lipinski definition) is 3. The maximum absolute atomic E-state index is 12.3. The van der Waals surface area contributed by atoms with Crippen molar-refractivity contribution in [1.29, 1.82) is 0 Å². The molecule has 5 heteroatoms. The summed E-state index contributed by atoms with van der Waals surface area (Å²) in [5, 5.41) is 15.8. The third-order valence-electron chi connectivity index (χ3n) is 5.39. The number of nitrogens with one attached hydrogen (secondary N) is 2. The summed E-state index contributed by atoms with van der Waals surface area (Å²) in [4.78, 5) is 24.4. The Morgan fingerprint density at radius 3 is 2.28 bits per heavy atom. The van der Waals surface area contributed by atoms with E-state index in [0.717, 1.165) is 56.9 Å². The number of hydrogen-bond acceptors (Lipinski definition) is 3. The van der Waals surface area contributed by atoms with E-state index < -0.39 is 0 Å². The zero-order valence-corrected chi connectivity index (χ0v) is 14.8. The van der Waals surface area contributed by atoms with Crippen molar-refractivity contribution < 1.29 is 14.7 Å². The van der Waals surface area contributed by atoms with E-state index in [-0.39, 0.29) is 23.5 Å². The van der Waals surface area contributed by atoms with Crippen LogP contribution in [0.5, 0.6) is 5.75 Å². The molecule has 0 atom stereocenters. The van der Waals surface area contributed by atoms with Crippen LogP contribution in [0, 0.1) is 5.92 Å². The predicted octanol–water partition coefficient (Wildman–Crippen LogP) is 2.70. The average Bonchev–Trinajstić information content (AvgIpc) is 2.65. The zero-order chi connectivity index (χ0) is 17.6. The van der Waals surface area contributed by atoms with Gasteiger partial charge in [0.15, 0.2) is 0 Å². The van der Waals surface area contributed by atoms with Crippen molar-refractivity contribution in [2.45, 2.75) is 57.8 Å². The van der Waals surface area contributed by atoms with Gasteiger partial charge in [0.2, 0.25) is 5.91 Å². The third-order valence-corrected chi connectivity index (χ3v) is 5.39. The lowest BCUT2D eigenvalue weighted by molar-refractivity contribution is -0.125. The van der Waals surface area contributed by atoms with Crippen LogP contribution >= 0.6 is 0 Å². The Balaban J connectivity index is 1.47. The first-order valence-electron chi connectivity index (χ1n) is 9.56. The molecule has 2 aliphatic carbocycles. The fourth-order valence-corrected chi connectivity index (χ4v) is 3.92. The lowest BCUT2D eigenvalue weighted by Crippen LogP contribution is -2.38. The van der Waals surface area contributed by atoms with Crippen molar-refractivity contribution in [1.82, 2.24) is 10.6 Å². The molecule has 0 radical (unpaired) electrons. The number of phenolic OH excluding ortho intramolecular Hbond substituents is 1. The van der Waals surface area contributed by atoms with E-state index in [0.29, 0.717) is 18.7 Å². The topological polar surface area (TPSA) is 78.4 Å². The second-order valence-electron chi connectivity index (χ2n) is 7.23. The highest BCUT2D eigenvalue weighted by atomic mass is 16.3. The Morgan fingerprint density at radius 2 is 1.56 bits per heavy atom. The van der Waals surface area contributed by atoms with Crippen LogP contribution in [0.15, 0.2) is 12.1 Å². The Kier molecular flexibility index (Phi) is 5.95. The molecule has 0 aromatic heterocycles. The van der Waals surface area contributed by atoms with Gasteiger partial charge in [-0.05, 0) is 61.8 Å². The molecule has 1 aromatic carbocycles. The van der Waals surface area contributed by atoms with E-state index >= 15 is 0 Å². The summed E-state index contributed by atoms with van der Waals surface area (Å²) < 4.78 is 0. The van der Waals surface area contributed by atoms with Gasteiger partial charge < -0.3 is 15.7 Å². The van der Waals surface area contributed by atoms with Gasteiger partial charge in [0.1, 0.15) is 5.75 Å². The van der Waals surface area contributed by atoms with E-state index in [2.05, 4.69) is 10.6 Å². The van der Waals surface area contributed by atoms with Crippen LogP contribution in [0.4, 0.5) is 0 Å². The predicted molar refractivity (Wildman–Crippen MR) is 96.7 cm³/mol. The monoisotopic (exact) mass is 344 g/mol. The van der Waals surface area contributed by atoms with E-state index in [1.807, 2.05) is 6.07 Å². The minimum Gasteiger partial charge on any atom is -0.507 e. The first-order chi connectivity index (χ1) is 12.1. The van der Waals surface area contributed by atoms with E-state index in [1.165, 1.54) is 12.0 Å². The number of aryl methyl sites for hydroxylation is 2. The largest absolute Gasteiger partial charge is 0.507 e. The molecule has 0 bridgehead atoms. The molecule has 2 aliphatic rings. The van der Waals surface area contributed by atoms with Gasteiger partial charge in [0.25, 0.3) is 5.91 Å². The number of benzene rings is 1. The van der Waals surface area contributed by atoms with Crippen LogP contribution in [-0.4, -0.2) is 30.0 Å². The van der Waals surface area contributed by atoms with Crippen molar-refractivity contribution in [3.63, 3.8) is 0 Å². The van der Waals surface area contributed by atoms with Crippen LogP contribution < -0.4 is 10.6 Å². The zero-order valence-electron chi connectivity index (χ0n) is 14.8. The third kappa shape index (κ3) is 4.53. The Bertz CT molecular complexity index is 636.